The molecule has 0 aliphatic heterocycles. The molecule has 1 aromatic heterocycles. The summed E-state index contributed by atoms with van der Waals surface area (Å²) in [6.07, 6.45) is 3.99. The van der Waals surface area contributed by atoms with Gasteiger partial charge in [-0.25, -0.2) is 8.42 Å². The van der Waals surface area contributed by atoms with Gasteiger partial charge in [-0.05, 0) is 56.1 Å². The van der Waals surface area contributed by atoms with E-state index < -0.39 is 10.0 Å². The van der Waals surface area contributed by atoms with Gasteiger partial charge < -0.3 is 4.74 Å². The van der Waals surface area contributed by atoms with E-state index in [0.717, 1.165) is 19.3 Å². The van der Waals surface area contributed by atoms with Crippen LogP contribution in [0.15, 0.2) is 34.3 Å². The highest BCUT2D eigenvalue weighted by Crippen LogP contribution is 2.36. The summed E-state index contributed by atoms with van der Waals surface area (Å²) < 4.78 is 35.6. The van der Waals surface area contributed by atoms with Crippen molar-refractivity contribution >= 4 is 27.8 Å². The van der Waals surface area contributed by atoms with Gasteiger partial charge in [-0.1, -0.05) is 71.9 Å². The number of carbonyl (C=O) groups is 1. The smallest absolute Gasteiger partial charge is 0.316 e. The minimum Gasteiger partial charge on any atom is -0.461 e. The number of rotatable bonds is 12. The number of thioether (sulfide) groups is 1. The Labute approximate surface area is 233 Å². The van der Waals surface area contributed by atoms with Crippen LogP contribution in [0.1, 0.15) is 80.2 Å². The predicted octanol–water partition coefficient (Wildman–Crippen LogP) is 6.04. The van der Waals surface area contributed by atoms with Gasteiger partial charge in [0.05, 0.1) is 10.6 Å². The Morgan fingerprint density at radius 3 is 2.50 bits per heavy atom. The molecule has 0 unspecified atom stereocenters. The van der Waals surface area contributed by atoms with E-state index in [0.29, 0.717) is 47.4 Å². The summed E-state index contributed by atoms with van der Waals surface area (Å²) in [4.78, 5) is 13.1. The van der Waals surface area contributed by atoms with Crippen LogP contribution in [-0.4, -0.2) is 58.4 Å². The molecule has 0 radical (unpaired) electrons. The molecule has 2 aromatic rings. The van der Waals surface area contributed by atoms with Gasteiger partial charge in [0.2, 0.25) is 10.0 Å². The Balaban J connectivity index is 1.82. The number of nitrogens with zero attached hydrogens (tertiary/aromatic N) is 4. The van der Waals surface area contributed by atoms with E-state index in [4.69, 9.17) is 4.74 Å². The maximum atomic E-state index is 13.1. The maximum absolute atomic E-state index is 13.1. The first-order chi connectivity index (χ1) is 18.0. The standard InChI is InChI=1S/C28H44N4O4S2/c1-8-21(7)32-27(22-12-11-13-23(17-22)38(34,35)31(9-2)10-3)29-30-28(32)37-18-26(33)36-25-16-20(6)14-15-24(25)19(4)5/h11-13,17,19-21,24-25H,8-10,14-16,18H2,1-7H3/t20-,21-,24-,25+/m0/s1. The number of hydrogen-bond acceptors (Lipinski definition) is 7. The van der Waals surface area contributed by atoms with Gasteiger partial charge in [-0.3, -0.25) is 9.36 Å². The zero-order valence-electron chi connectivity index (χ0n) is 23.9. The highest BCUT2D eigenvalue weighted by molar-refractivity contribution is 7.99. The molecular weight excluding hydrogens is 520 g/mol. The number of ether oxygens (including phenoxy) is 1. The first-order valence-electron chi connectivity index (χ1n) is 13.9. The molecule has 3 rings (SSSR count). The van der Waals surface area contributed by atoms with Gasteiger partial charge in [0.25, 0.3) is 0 Å². The SMILES string of the molecule is CC[C@H](C)n1c(SCC(=O)O[C@@H]2C[C@@H](C)CC[C@H]2C(C)C)nnc1-c1cccc(S(=O)(=O)N(CC)CC)c1. The zero-order valence-corrected chi connectivity index (χ0v) is 25.5. The Morgan fingerprint density at radius 2 is 1.87 bits per heavy atom. The number of aromatic nitrogens is 3. The van der Waals surface area contributed by atoms with Crippen molar-refractivity contribution < 1.29 is 17.9 Å². The molecule has 1 saturated carbocycles. The lowest BCUT2D eigenvalue weighted by Crippen LogP contribution is -2.36. The molecule has 1 heterocycles. The molecule has 1 aliphatic rings. The molecule has 0 amide bonds. The Bertz CT molecular complexity index is 1180. The number of benzene rings is 1. The molecule has 8 nitrogen and oxygen atoms in total. The first-order valence-corrected chi connectivity index (χ1v) is 16.3. The van der Waals surface area contributed by atoms with Crippen molar-refractivity contribution in [2.75, 3.05) is 18.8 Å². The van der Waals surface area contributed by atoms with Crippen LogP contribution in [0.2, 0.25) is 0 Å². The van der Waals surface area contributed by atoms with Gasteiger partial charge >= 0.3 is 5.97 Å². The van der Waals surface area contributed by atoms with Crippen LogP contribution in [0.3, 0.4) is 0 Å². The molecule has 4 atom stereocenters. The molecule has 0 saturated heterocycles. The zero-order chi connectivity index (χ0) is 28.0. The second-order valence-electron chi connectivity index (χ2n) is 10.7. The third-order valence-corrected chi connectivity index (χ3v) is 10.7. The van der Waals surface area contributed by atoms with Crippen molar-refractivity contribution in [3.63, 3.8) is 0 Å². The van der Waals surface area contributed by atoms with Crippen molar-refractivity contribution in [3.8, 4) is 11.4 Å². The molecule has 38 heavy (non-hydrogen) atoms. The second-order valence-corrected chi connectivity index (χ2v) is 13.6. The third kappa shape index (κ3) is 6.99. The summed E-state index contributed by atoms with van der Waals surface area (Å²) in [5, 5.41) is 9.46. The summed E-state index contributed by atoms with van der Waals surface area (Å²) in [5.41, 5.74) is 0.677. The summed E-state index contributed by atoms with van der Waals surface area (Å²) in [5.74, 6) is 1.95. The van der Waals surface area contributed by atoms with Gasteiger partial charge in [0, 0.05) is 24.7 Å². The summed E-state index contributed by atoms with van der Waals surface area (Å²) in [6, 6.07) is 6.93. The summed E-state index contributed by atoms with van der Waals surface area (Å²) in [7, 11) is -3.60. The van der Waals surface area contributed by atoms with Crippen LogP contribution in [0, 0.1) is 17.8 Å². The van der Waals surface area contributed by atoms with Crippen LogP contribution in [0.25, 0.3) is 11.4 Å². The highest BCUT2D eigenvalue weighted by Gasteiger charge is 2.33. The monoisotopic (exact) mass is 564 g/mol. The largest absolute Gasteiger partial charge is 0.461 e. The van der Waals surface area contributed by atoms with E-state index in [1.54, 1.807) is 18.2 Å². The fourth-order valence-electron chi connectivity index (χ4n) is 5.24. The van der Waals surface area contributed by atoms with Gasteiger partial charge in [-0.2, -0.15) is 4.31 Å². The molecule has 1 fully saturated rings. The van der Waals surface area contributed by atoms with Crippen LogP contribution >= 0.6 is 11.8 Å². The van der Waals surface area contributed by atoms with E-state index in [1.807, 2.05) is 24.5 Å². The van der Waals surface area contributed by atoms with Crippen molar-refractivity contribution in [3.05, 3.63) is 24.3 Å². The molecule has 212 valence electrons. The normalized spacial score (nSPS) is 21.1. The van der Waals surface area contributed by atoms with Crippen LogP contribution in [0.5, 0.6) is 0 Å². The maximum Gasteiger partial charge on any atom is 0.316 e. The molecule has 10 heteroatoms. The molecule has 0 spiro atoms. The molecular formula is C28H44N4O4S2. The second kappa shape index (κ2) is 13.4. The lowest BCUT2D eigenvalue weighted by atomic mass is 9.75. The minimum atomic E-state index is -3.60. The van der Waals surface area contributed by atoms with E-state index in [1.165, 1.54) is 22.5 Å². The first kappa shape index (κ1) is 30.6. The van der Waals surface area contributed by atoms with Crippen LogP contribution in [-0.2, 0) is 19.6 Å². The van der Waals surface area contributed by atoms with E-state index in [9.17, 15) is 13.2 Å². The highest BCUT2D eigenvalue weighted by atomic mass is 32.2. The third-order valence-electron chi connectivity index (χ3n) is 7.69. The molecule has 0 N–H and O–H groups in total. The molecule has 0 bridgehead atoms. The topological polar surface area (TPSA) is 94.4 Å². The van der Waals surface area contributed by atoms with Crippen LogP contribution < -0.4 is 0 Å². The predicted molar refractivity (Wildman–Crippen MR) is 153 cm³/mol. The molecule has 1 aromatic carbocycles. The average Bonchev–Trinajstić information content (AvgIpc) is 3.31. The van der Waals surface area contributed by atoms with Crippen molar-refractivity contribution in [2.45, 2.75) is 96.3 Å². The minimum absolute atomic E-state index is 0.0367. The van der Waals surface area contributed by atoms with E-state index >= 15 is 0 Å². The fourth-order valence-corrected chi connectivity index (χ4v) is 7.56. The van der Waals surface area contributed by atoms with Crippen molar-refractivity contribution in [1.82, 2.24) is 19.1 Å². The van der Waals surface area contributed by atoms with Gasteiger partial charge in [0.1, 0.15) is 6.10 Å². The van der Waals surface area contributed by atoms with Crippen molar-refractivity contribution in [2.24, 2.45) is 17.8 Å². The fraction of sp³-hybridized carbons (Fsp3) is 0.679. The van der Waals surface area contributed by atoms with Gasteiger partial charge in [-0.15, -0.1) is 10.2 Å². The van der Waals surface area contributed by atoms with Crippen molar-refractivity contribution in [1.29, 1.82) is 0 Å². The summed E-state index contributed by atoms with van der Waals surface area (Å²) >= 11 is 1.32. The van der Waals surface area contributed by atoms with Crippen LogP contribution in [0.4, 0.5) is 0 Å². The average molecular weight is 565 g/mol. The number of sulfonamides is 1. The Morgan fingerprint density at radius 1 is 1.16 bits per heavy atom. The Kier molecular flexibility index (Phi) is 10.8. The van der Waals surface area contributed by atoms with E-state index in [-0.39, 0.29) is 28.8 Å². The quantitative estimate of drug-likeness (QED) is 0.229. The lowest BCUT2D eigenvalue weighted by molar-refractivity contribution is -0.152. The number of carbonyl (C=O) groups excluding carboxylic acids is 1. The van der Waals surface area contributed by atoms with Gasteiger partial charge in [0.15, 0.2) is 11.0 Å². The number of hydrogen-bond donors (Lipinski definition) is 0. The molecule has 1 aliphatic carbocycles. The number of esters is 1. The summed E-state index contributed by atoms with van der Waals surface area (Å²) in [6.45, 7) is 15.2. The Hall–Kier alpha value is -1.91. The lowest BCUT2D eigenvalue weighted by Gasteiger charge is -2.36. The van der Waals surface area contributed by atoms with E-state index in [2.05, 4.69) is 44.8 Å².